The second kappa shape index (κ2) is 6.88. The number of likely N-dealkylation sites (tertiary alicyclic amines) is 1. The Balaban J connectivity index is 1.57. The molecule has 18 heavy (non-hydrogen) atoms. The second-order valence-corrected chi connectivity index (χ2v) is 6.62. The lowest BCUT2D eigenvalue weighted by molar-refractivity contribution is 0.251. The van der Waals surface area contributed by atoms with Gasteiger partial charge in [0.05, 0.1) is 0 Å². The number of rotatable bonds is 6. The van der Waals surface area contributed by atoms with Crippen LogP contribution in [0.25, 0.3) is 0 Å². The molecule has 0 aromatic rings. The van der Waals surface area contributed by atoms with Crippen molar-refractivity contribution in [3.8, 4) is 0 Å². The van der Waals surface area contributed by atoms with E-state index in [2.05, 4.69) is 36.1 Å². The van der Waals surface area contributed by atoms with Crippen molar-refractivity contribution in [3.05, 3.63) is 0 Å². The quantitative estimate of drug-likeness (QED) is 0.726. The Bertz CT molecular complexity index is 236. The molecule has 0 spiro atoms. The van der Waals surface area contributed by atoms with Gasteiger partial charge < -0.3 is 15.1 Å². The molecule has 2 unspecified atom stereocenters. The molecule has 1 saturated heterocycles. The standard InChI is InChI=1S/C15H31N3/c1-13-11-18(12-15(13)17(2)3)9-8-16-10-14-6-4-5-7-14/h13-16H,4-12H2,1-3H3. The van der Waals surface area contributed by atoms with E-state index in [-0.39, 0.29) is 0 Å². The number of hydrogen-bond acceptors (Lipinski definition) is 3. The molecule has 0 bridgehead atoms. The molecule has 3 heteroatoms. The van der Waals surface area contributed by atoms with Crippen molar-refractivity contribution >= 4 is 0 Å². The minimum Gasteiger partial charge on any atom is -0.315 e. The highest BCUT2D eigenvalue weighted by Gasteiger charge is 2.30. The molecule has 0 aromatic heterocycles. The van der Waals surface area contributed by atoms with Gasteiger partial charge >= 0.3 is 0 Å². The summed E-state index contributed by atoms with van der Waals surface area (Å²) in [7, 11) is 4.42. The Labute approximate surface area is 113 Å². The van der Waals surface area contributed by atoms with Gasteiger partial charge in [0.25, 0.3) is 0 Å². The average molecular weight is 253 g/mol. The van der Waals surface area contributed by atoms with E-state index >= 15 is 0 Å². The van der Waals surface area contributed by atoms with Gasteiger partial charge in [0.1, 0.15) is 0 Å². The van der Waals surface area contributed by atoms with Gasteiger partial charge in [0, 0.05) is 32.2 Å². The predicted octanol–water partition coefficient (Wildman–Crippen LogP) is 1.65. The Morgan fingerprint density at radius 1 is 1.17 bits per heavy atom. The third-order valence-corrected chi connectivity index (χ3v) is 4.82. The van der Waals surface area contributed by atoms with Crippen molar-refractivity contribution in [2.45, 2.75) is 38.6 Å². The summed E-state index contributed by atoms with van der Waals surface area (Å²) in [6.45, 7) is 8.55. The number of likely N-dealkylation sites (N-methyl/N-ethyl adjacent to an activating group) is 1. The van der Waals surface area contributed by atoms with Crippen LogP contribution in [0.2, 0.25) is 0 Å². The highest BCUT2D eigenvalue weighted by atomic mass is 15.2. The van der Waals surface area contributed by atoms with E-state index < -0.39 is 0 Å². The fraction of sp³-hybridized carbons (Fsp3) is 1.00. The fourth-order valence-electron chi connectivity index (χ4n) is 3.66. The van der Waals surface area contributed by atoms with Crippen LogP contribution in [-0.2, 0) is 0 Å². The zero-order chi connectivity index (χ0) is 13.0. The summed E-state index contributed by atoms with van der Waals surface area (Å²) in [5.41, 5.74) is 0. The first-order chi connectivity index (χ1) is 8.66. The molecule has 0 aromatic carbocycles. The normalized spacial score (nSPS) is 30.7. The van der Waals surface area contributed by atoms with Crippen molar-refractivity contribution in [3.63, 3.8) is 0 Å². The van der Waals surface area contributed by atoms with E-state index in [9.17, 15) is 0 Å². The van der Waals surface area contributed by atoms with Crippen LogP contribution >= 0.6 is 0 Å². The van der Waals surface area contributed by atoms with E-state index in [0.717, 1.165) is 17.9 Å². The third kappa shape index (κ3) is 3.94. The van der Waals surface area contributed by atoms with Gasteiger partial charge in [0.2, 0.25) is 0 Å². The summed E-state index contributed by atoms with van der Waals surface area (Å²) in [5, 5.41) is 3.66. The van der Waals surface area contributed by atoms with E-state index in [4.69, 9.17) is 0 Å². The topological polar surface area (TPSA) is 18.5 Å². The maximum absolute atomic E-state index is 3.66. The molecule has 0 amide bonds. The van der Waals surface area contributed by atoms with Gasteiger partial charge in [-0.05, 0) is 45.3 Å². The lowest BCUT2D eigenvalue weighted by Crippen LogP contribution is -2.36. The SMILES string of the molecule is CC1CN(CCNCC2CCCC2)CC1N(C)C. The van der Waals surface area contributed by atoms with Crippen molar-refractivity contribution in [1.29, 1.82) is 0 Å². The average Bonchev–Trinajstić information content (AvgIpc) is 2.94. The maximum Gasteiger partial charge on any atom is 0.0254 e. The largest absolute Gasteiger partial charge is 0.315 e. The van der Waals surface area contributed by atoms with Crippen LogP contribution in [0.15, 0.2) is 0 Å². The minimum atomic E-state index is 0.750. The van der Waals surface area contributed by atoms with E-state index in [1.165, 1.54) is 58.4 Å². The zero-order valence-electron chi connectivity index (χ0n) is 12.5. The summed E-state index contributed by atoms with van der Waals surface area (Å²) >= 11 is 0. The van der Waals surface area contributed by atoms with Gasteiger partial charge in [0.15, 0.2) is 0 Å². The first-order valence-corrected chi connectivity index (χ1v) is 7.76. The lowest BCUT2D eigenvalue weighted by atomic mass is 10.1. The molecular formula is C15H31N3. The Hall–Kier alpha value is -0.120. The van der Waals surface area contributed by atoms with E-state index in [0.29, 0.717) is 0 Å². The molecule has 1 N–H and O–H groups in total. The summed E-state index contributed by atoms with van der Waals surface area (Å²) in [4.78, 5) is 5.01. The molecule has 3 nitrogen and oxygen atoms in total. The third-order valence-electron chi connectivity index (χ3n) is 4.82. The van der Waals surface area contributed by atoms with Crippen LogP contribution in [0.4, 0.5) is 0 Å². The molecule has 1 heterocycles. The molecule has 2 rings (SSSR count). The molecular weight excluding hydrogens is 222 g/mol. The van der Waals surface area contributed by atoms with Gasteiger partial charge in [-0.2, -0.15) is 0 Å². The van der Waals surface area contributed by atoms with Crippen molar-refractivity contribution in [1.82, 2.24) is 15.1 Å². The Morgan fingerprint density at radius 3 is 2.50 bits per heavy atom. The Kier molecular flexibility index (Phi) is 5.46. The first kappa shape index (κ1) is 14.3. The summed E-state index contributed by atoms with van der Waals surface area (Å²) in [6, 6.07) is 0.750. The van der Waals surface area contributed by atoms with Crippen molar-refractivity contribution < 1.29 is 0 Å². The fourth-order valence-corrected chi connectivity index (χ4v) is 3.66. The second-order valence-electron chi connectivity index (χ2n) is 6.62. The smallest absolute Gasteiger partial charge is 0.0254 e. The van der Waals surface area contributed by atoms with Crippen molar-refractivity contribution in [2.75, 3.05) is 46.8 Å². The van der Waals surface area contributed by atoms with Gasteiger partial charge in [-0.15, -0.1) is 0 Å². The molecule has 0 radical (unpaired) electrons. The highest BCUT2D eigenvalue weighted by molar-refractivity contribution is 4.86. The maximum atomic E-state index is 3.66. The van der Waals surface area contributed by atoms with E-state index in [1.807, 2.05) is 0 Å². The highest BCUT2D eigenvalue weighted by Crippen LogP contribution is 2.23. The van der Waals surface area contributed by atoms with Crippen molar-refractivity contribution in [2.24, 2.45) is 11.8 Å². The van der Waals surface area contributed by atoms with Crippen LogP contribution in [-0.4, -0.2) is 62.7 Å². The molecule has 106 valence electrons. The van der Waals surface area contributed by atoms with E-state index in [1.54, 1.807) is 0 Å². The monoisotopic (exact) mass is 253 g/mol. The molecule has 1 aliphatic heterocycles. The molecule has 2 aliphatic rings. The summed E-state index contributed by atoms with van der Waals surface area (Å²) in [5.74, 6) is 1.78. The van der Waals surface area contributed by atoms with Crippen LogP contribution in [0.5, 0.6) is 0 Å². The van der Waals surface area contributed by atoms with Gasteiger partial charge in [-0.25, -0.2) is 0 Å². The van der Waals surface area contributed by atoms with Crippen LogP contribution in [0, 0.1) is 11.8 Å². The molecule has 1 aliphatic carbocycles. The van der Waals surface area contributed by atoms with Gasteiger partial charge in [-0.3, -0.25) is 0 Å². The van der Waals surface area contributed by atoms with Crippen LogP contribution < -0.4 is 5.32 Å². The first-order valence-electron chi connectivity index (χ1n) is 7.76. The summed E-state index contributed by atoms with van der Waals surface area (Å²) in [6.07, 6.45) is 5.83. The van der Waals surface area contributed by atoms with Crippen LogP contribution in [0.3, 0.4) is 0 Å². The number of hydrogen-bond donors (Lipinski definition) is 1. The predicted molar refractivity (Wildman–Crippen MR) is 77.9 cm³/mol. The van der Waals surface area contributed by atoms with Gasteiger partial charge in [-0.1, -0.05) is 19.8 Å². The Morgan fingerprint density at radius 2 is 1.89 bits per heavy atom. The number of nitrogens with one attached hydrogen (secondary N) is 1. The molecule has 2 fully saturated rings. The minimum absolute atomic E-state index is 0.750. The molecule has 1 saturated carbocycles. The number of nitrogens with zero attached hydrogens (tertiary/aromatic N) is 2. The zero-order valence-corrected chi connectivity index (χ0v) is 12.5. The lowest BCUT2D eigenvalue weighted by Gasteiger charge is -2.22. The summed E-state index contributed by atoms with van der Waals surface area (Å²) < 4.78 is 0. The molecule has 2 atom stereocenters. The van der Waals surface area contributed by atoms with Crippen LogP contribution in [0.1, 0.15) is 32.6 Å².